The molecule has 0 radical (unpaired) electrons. The molecule has 0 aliphatic heterocycles. The zero-order chi connectivity index (χ0) is 18.7. The fourth-order valence-corrected chi connectivity index (χ4v) is 2.29. The van der Waals surface area contributed by atoms with Crippen LogP contribution in [0, 0.1) is 5.82 Å². The van der Waals surface area contributed by atoms with Crippen LogP contribution in [0.1, 0.15) is 10.4 Å². The molecule has 3 rings (SSSR count). The molecule has 0 aliphatic rings. The molecule has 0 bridgehead atoms. The van der Waals surface area contributed by atoms with E-state index in [1.165, 1.54) is 6.07 Å². The highest BCUT2D eigenvalue weighted by atomic mass is 19.1. The Balaban J connectivity index is 1.82. The van der Waals surface area contributed by atoms with Gasteiger partial charge in [0, 0.05) is 12.1 Å². The highest BCUT2D eigenvalue weighted by Crippen LogP contribution is 2.24. The number of phenolic OH excluding ortho intramolecular Hbond substituents is 1. The van der Waals surface area contributed by atoms with E-state index in [1.807, 2.05) is 0 Å². The quantitative estimate of drug-likeness (QED) is 0.437. The van der Waals surface area contributed by atoms with Crippen LogP contribution in [0.3, 0.4) is 0 Å². The summed E-state index contributed by atoms with van der Waals surface area (Å²) in [6, 6.07) is 13.1. The number of hydrogen-bond acceptors (Lipinski definition) is 5. The van der Waals surface area contributed by atoms with Gasteiger partial charge in [0.2, 0.25) is 0 Å². The van der Waals surface area contributed by atoms with Gasteiger partial charge in [0.25, 0.3) is 0 Å². The Labute approximate surface area is 147 Å². The van der Waals surface area contributed by atoms with Crippen molar-refractivity contribution in [2.24, 2.45) is 0 Å². The summed E-state index contributed by atoms with van der Waals surface area (Å²) in [4.78, 5) is 23.5. The lowest BCUT2D eigenvalue weighted by Gasteiger charge is -2.07. The predicted molar refractivity (Wildman–Crippen MR) is 92.8 cm³/mol. The number of hydrogen-bond donors (Lipinski definition) is 1. The van der Waals surface area contributed by atoms with Gasteiger partial charge in [-0.3, -0.25) is 0 Å². The number of esters is 2. The lowest BCUT2D eigenvalue weighted by Crippen LogP contribution is -2.08. The molecule has 0 atom stereocenters. The van der Waals surface area contributed by atoms with Crippen molar-refractivity contribution < 1.29 is 28.6 Å². The maximum Gasteiger partial charge on any atom is 0.343 e. The molecule has 0 aliphatic carbocycles. The largest absolute Gasteiger partial charge is 0.505 e. The number of aromatic hydroxyl groups is 1. The third-order valence-corrected chi connectivity index (χ3v) is 3.56. The Bertz CT molecular complexity index is 1030. The van der Waals surface area contributed by atoms with E-state index in [4.69, 9.17) is 14.6 Å². The average Bonchev–Trinajstić information content (AvgIpc) is 2.64. The lowest BCUT2D eigenvalue weighted by atomic mass is 10.1. The Morgan fingerprint density at radius 3 is 2.31 bits per heavy atom. The van der Waals surface area contributed by atoms with E-state index in [1.54, 1.807) is 36.4 Å². The number of carbonyl (C=O) groups is 2. The van der Waals surface area contributed by atoms with Crippen LogP contribution in [0.15, 0.2) is 67.3 Å². The molecule has 0 spiro atoms. The topological polar surface area (TPSA) is 72.8 Å². The third-order valence-electron chi connectivity index (χ3n) is 3.56. The maximum atomic E-state index is 13.3. The van der Waals surface area contributed by atoms with Gasteiger partial charge in [-0.2, -0.15) is 0 Å². The van der Waals surface area contributed by atoms with E-state index in [0.29, 0.717) is 5.75 Å². The molecule has 0 saturated carbocycles. The van der Waals surface area contributed by atoms with E-state index in [-0.39, 0.29) is 11.3 Å². The number of carbonyl (C=O) groups excluding carboxylic acids is 2. The van der Waals surface area contributed by atoms with E-state index >= 15 is 0 Å². The van der Waals surface area contributed by atoms with Gasteiger partial charge in [-0.05, 0) is 47.2 Å². The van der Waals surface area contributed by atoms with Crippen molar-refractivity contribution >= 4 is 22.7 Å². The summed E-state index contributed by atoms with van der Waals surface area (Å²) in [6.07, 6.45) is 1.06. The lowest BCUT2D eigenvalue weighted by molar-refractivity contribution is -0.128. The minimum absolute atomic E-state index is 0.0166. The fourth-order valence-electron chi connectivity index (χ4n) is 2.29. The molecule has 0 saturated heterocycles. The number of benzene rings is 3. The number of fused-ring (bicyclic) bond motifs is 1. The summed E-state index contributed by atoms with van der Waals surface area (Å²) in [7, 11) is 0. The molecule has 0 unspecified atom stereocenters. The Kier molecular flexibility index (Phi) is 4.66. The summed E-state index contributed by atoms with van der Waals surface area (Å²) in [5.74, 6) is -2.29. The Hall–Kier alpha value is -3.67. The molecule has 0 aromatic heterocycles. The maximum absolute atomic E-state index is 13.3. The van der Waals surface area contributed by atoms with Gasteiger partial charge >= 0.3 is 11.9 Å². The minimum atomic E-state index is -0.879. The van der Waals surface area contributed by atoms with Crippen molar-refractivity contribution in [3.8, 4) is 17.2 Å². The first kappa shape index (κ1) is 17.2. The van der Waals surface area contributed by atoms with Crippen LogP contribution in [0.25, 0.3) is 10.8 Å². The van der Waals surface area contributed by atoms with Crippen LogP contribution in [0.4, 0.5) is 4.39 Å². The summed E-state index contributed by atoms with van der Waals surface area (Å²) in [5, 5.41) is 10.6. The van der Waals surface area contributed by atoms with Crippen LogP contribution >= 0.6 is 0 Å². The van der Waals surface area contributed by atoms with Gasteiger partial charge in [0.1, 0.15) is 11.5 Å². The van der Waals surface area contributed by atoms with Crippen molar-refractivity contribution in [3.05, 3.63) is 78.6 Å². The second kappa shape index (κ2) is 7.06. The first-order valence-corrected chi connectivity index (χ1v) is 7.55. The van der Waals surface area contributed by atoms with Crippen LogP contribution in [-0.2, 0) is 4.79 Å². The molecule has 1 N–H and O–H groups in total. The minimum Gasteiger partial charge on any atom is -0.505 e. The highest BCUT2D eigenvalue weighted by Gasteiger charge is 2.12. The molecule has 0 fully saturated rings. The molecule has 130 valence electrons. The van der Waals surface area contributed by atoms with Crippen LogP contribution in [0.5, 0.6) is 17.2 Å². The first-order chi connectivity index (χ1) is 12.5. The Morgan fingerprint density at radius 2 is 1.58 bits per heavy atom. The normalized spacial score (nSPS) is 10.3. The standard InChI is InChI=1S/C20H13FO5/c1-2-19(23)25-15-6-5-12-9-14(4-3-13(12)10-15)20(24)26-16-7-8-18(22)17(21)11-16/h2-11,22H,1H2. The van der Waals surface area contributed by atoms with E-state index in [9.17, 15) is 14.0 Å². The van der Waals surface area contributed by atoms with E-state index in [0.717, 1.165) is 29.0 Å². The monoisotopic (exact) mass is 352 g/mol. The van der Waals surface area contributed by atoms with Gasteiger partial charge in [-0.15, -0.1) is 0 Å². The van der Waals surface area contributed by atoms with Crippen LogP contribution in [-0.4, -0.2) is 17.0 Å². The second-order valence-electron chi connectivity index (χ2n) is 5.35. The summed E-state index contributed by atoms with van der Waals surface area (Å²) < 4.78 is 23.5. The van der Waals surface area contributed by atoms with E-state index < -0.39 is 23.5 Å². The number of phenols is 1. The third kappa shape index (κ3) is 3.70. The van der Waals surface area contributed by atoms with Gasteiger partial charge in [0.05, 0.1) is 5.56 Å². The van der Waals surface area contributed by atoms with Crippen molar-refractivity contribution in [2.75, 3.05) is 0 Å². The summed E-state index contributed by atoms with van der Waals surface area (Å²) in [5.41, 5.74) is 0.266. The molecule has 0 heterocycles. The number of rotatable bonds is 4. The number of halogens is 1. The van der Waals surface area contributed by atoms with E-state index in [2.05, 4.69) is 6.58 Å². The number of ether oxygens (including phenoxy) is 2. The van der Waals surface area contributed by atoms with Crippen LogP contribution in [0.2, 0.25) is 0 Å². The molecule has 5 nitrogen and oxygen atoms in total. The van der Waals surface area contributed by atoms with Crippen molar-refractivity contribution in [2.45, 2.75) is 0 Å². The molecule has 3 aromatic carbocycles. The second-order valence-corrected chi connectivity index (χ2v) is 5.35. The molecule has 3 aromatic rings. The average molecular weight is 352 g/mol. The van der Waals surface area contributed by atoms with Crippen molar-refractivity contribution in [1.82, 2.24) is 0 Å². The van der Waals surface area contributed by atoms with Gasteiger partial charge < -0.3 is 14.6 Å². The molecule has 0 amide bonds. The molecular formula is C20H13FO5. The molecule has 6 heteroatoms. The SMILES string of the molecule is C=CC(=O)Oc1ccc2cc(C(=O)Oc3ccc(O)c(F)c3)ccc2c1. The smallest absolute Gasteiger partial charge is 0.343 e. The van der Waals surface area contributed by atoms with Gasteiger partial charge in [-0.25, -0.2) is 14.0 Å². The zero-order valence-electron chi connectivity index (χ0n) is 13.4. The summed E-state index contributed by atoms with van der Waals surface area (Å²) >= 11 is 0. The predicted octanol–water partition coefficient (Wildman–Crippen LogP) is 4.00. The van der Waals surface area contributed by atoms with Crippen LogP contribution < -0.4 is 9.47 Å². The molecular weight excluding hydrogens is 339 g/mol. The summed E-state index contributed by atoms with van der Waals surface area (Å²) in [6.45, 7) is 3.33. The van der Waals surface area contributed by atoms with Crippen molar-refractivity contribution in [3.63, 3.8) is 0 Å². The van der Waals surface area contributed by atoms with Gasteiger partial charge in [-0.1, -0.05) is 18.7 Å². The van der Waals surface area contributed by atoms with Gasteiger partial charge in [0.15, 0.2) is 11.6 Å². The molecule has 26 heavy (non-hydrogen) atoms. The zero-order valence-corrected chi connectivity index (χ0v) is 13.4. The first-order valence-electron chi connectivity index (χ1n) is 7.55. The Morgan fingerprint density at radius 1 is 0.923 bits per heavy atom. The van der Waals surface area contributed by atoms with Crippen molar-refractivity contribution in [1.29, 1.82) is 0 Å². The highest BCUT2D eigenvalue weighted by molar-refractivity contribution is 5.97. The fraction of sp³-hybridized carbons (Fsp3) is 0.